The number of nitrogens with zero attached hydrogens (tertiary/aromatic N) is 1. The van der Waals surface area contributed by atoms with Crippen molar-refractivity contribution < 1.29 is 18.0 Å². The molecule has 1 heterocycles. The largest absolute Gasteiger partial charge is 0.326 e. The van der Waals surface area contributed by atoms with Crippen molar-refractivity contribution in [2.75, 3.05) is 23.0 Å². The first-order valence-electron chi connectivity index (χ1n) is 8.32. The van der Waals surface area contributed by atoms with Gasteiger partial charge in [-0.2, -0.15) is 0 Å². The van der Waals surface area contributed by atoms with E-state index in [1.165, 1.54) is 12.1 Å². The van der Waals surface area contributed by atoms with Crippen LogP contribution in [0.5, 0.6) is 0 Å². The van der Waals surface area contributed by atoms with Gasteiger partial charge in [0, 0.05) is 35.1 Å². The Morgan fingerprint density at radius 2 is 1.85 bits per heavy atom. The minimum absolute atomic E-state index is 0.0932. The van der Waals surface area contributed by atoms with Crippen molar-refractivity contribution in [3.63, 3.8) is 0 Å². The predicted molar refractivity (Wildman–Crippen MR) is 108 cm³/mol. The summed E-state index contributed by atoms with van der Waals surface area (Å²) in [4.78, 5) is 26.7. The number of hydrogen-bond acceptors (Lipinski definition) is 4. The molecule has 0 aromatic heterocycles. The van der Waals surface area contributed by atoms with Crippen LogP contribution in [0.3, 0.4) is 0 Å². The fraction of sp³-hybridized carbons (Fsp3) is 0.263. The molecule has 1 aliphatic rings. The fourth-order valence-corrected chi connectivity index (χ4v) is 3.84. The highest BCUT2D eigenvalue weighted by Gasteiger charge is 2.35. The second kappa shape index (κ2) is 7.44. The first kappa shape index (κ1) is 19.6. The molecule has 8 heteroatoms. The maximum Gasteiger partial charge on any atom is 0.229 e. The van der Waals surface area contributed by atoms with Gasteiger partial charge in [0.15, 0.2) is 9.84 Å². The van der Waals surface area contributed by atoms with Crippen LogP contribution in [-0.4, -0.2) is 33.0 Å². The van der Waals surface area contributed by atoms with E-state index in [0.29, 0.717) is 12.2 Å². The number of rotatable bonds is 4. The van der Waals surface area contributed by atoms with Crippen LogP contribution in [-0.2, 0) is 19.4 Å². The van der Waals surface area contributed by atoms with Gasteiger partial charge < -0.3 is 10.2 Å². The SMILES string of the molecule is Cc1cc(N2CC(C(=O)Nc3ccc(S(C)(=O)=O)cc3)CC2=O)ccc1Br. The van der Waals surface area contributed by atoms with E-state index in [4.69, 9.17) is 0 Å². The highest BCUT2D eigenvalue weighted by atomic mass is 79.9. The molecule has 0 aliphatic carbocycles. The van der Waals surface area contributed by atoms with Crippen molar-refractivity contribution in [1.82, 2.24) is 0 Å². The number of anilines is 2. The molecule has 27 heavy (non-hydrogen) atoms. The Morgan fingerprint density at radius 1 is 1.19 bits per heavy atom. The molecular weight excluding hydrogens is 432 g/mol. The van der Waals surface area contributed by atoms with E-state index in [9.17, 15) is 18.0 Å². The Labute approximate surface area is 166 Å². The van der Waals surface area contributed by atoms with E-state index in [0.717, 1.165) is 22.0 Å². The van der Waals surface area contributed by atoms with Crippen LogP contribution < -0.4 is 10.2 Å². The predicted octanol–water partition coefficient (Wildman–Crippen LogP) is 3.15. The Balaban J connectivity index is 1.69. The number of sulfone groups is 1. The lowest BCUT2D eigenvalue weighted by Gasteiger charge is -2.17. The molecule has 2 amide bonds. The fourth-order valence-electron chi connectivity index (χ4n) is 2.96. The van der Waals surface area contributed by atoms with Crippen LogP contribution in [0.4, 0.5) is 11.4 Å². The average molecular weight is 451 g/mol. The molecule has 6 nitrogen and oxygen atoms in total. The average Bonchev–Trinajstić information content (AvgIpc) is 2.99. The van der Waals surface area contributed by atoms with Crippen molar-refractivity contribution >= 4 is 49.0 Å². The van der Waals surface area contributed by atoms with Gasteiger partial charge in [0.05, 0.1) is 10.8 Å². The van der Waals surface area contributed by atoms with Crippen molar-refractivity contribution in [2.45, 2.75) is 18.2 Å². The van der Waals surface area contributed by atoms with Gasteiger partial charge in [0.2, 0.25) is 11.8 Å². The summed E-state index contributed by atoms with van der Waals surface area (Å²) < 4.78 is 24.0. The normalized spacial score (nSPS) is 17.2. The van der Waals surface area contributed by atoms with Crippen molar-refractivity contribution in [3.8, 4) is 0 Å². The van der Waals surface area contributed by atoms with E-state index in [1.807, 2.05) is 25.1 Å². The standard InChI is InChI=1S/C19H19BrN2O4S/c1-12-9-15(5-8-17(12)20)22-11-13(10-18(22)23)19(24)21-14-3-6-16(7-4-14)27(2,25)26/h3-9,13H,10-11H2,1-2H3,(H,21,24). The van der Waals surface area contributed by atoms with E-state index in [-0.39, 0.29) is 23.1 Å². The number of amides is 2. The summed E-state index contributed by atoms with van der Waals surface area (Å²) in [5.41, 5.74) is 2.28. The molecule has 142 valence electrons. The summed E-state index contributed by atoms with van der Waals surface area (Å²) in [5, 5.41) is 2.76. The van der Waals surface area contributed by atoms with Crippen LogP contribution in [0.2, 0.25) is 0 Å². The van der Waals surface area contributed by atoms with Crippen molar-refractivity contribution in [1.29, 1.82) is 0 Å². The molecule has 1 atom stereocenters. The summed E-state index contributed by atoms with van der Waals surface area (Å²) >= 11 is 3.44. The van der Waals surface area contributed by atoms with E-state index in [1.54, 1.807) is 17.0 Å². The first-order chi connectivity index (χ1) is 12.6. The molecule has 1 N–H and O–H groups in total. The van der Waals surface area contributed by atoms with Gasteiger partial charge in [-0.3, -0.25) is 9.59 Å². The smallest absolute Gasteiger partial charge is 0.229 e. The molecule has 1 fully saturated rings. The lowest BCUT2D eigenvalue weighted by Crippen LogP contribution is -2.28. The minimum Gasteiger partial charge on any atom is -0.326 e. The van der Waals surface area contributed by atoms with Crippen LogP contribution in [0.25, 0.3) is 0 Å². The topological polar surface area (TPSA) is 83.6 Å². The zero-order valence-corrected chi connectivity index (χ0v) is 17.3. The van der Waals surface area contributed by atoms with Gasteiger partial charge in [-0.1, -0.05) is 15.9 Å². The molecule has 0 spiro atoms. The van der Waals surface area contributed by atoms with Gasteiger partial charge in [0.1, 0.15) is 0 Å². The quantitative estimate of drug-likeness (QED) is 0.774. The van der Waals surface area contributed by atoms with Crippen LogP contribution in [0.1, 0.15) is 12.0 Å². The molecule has 2 aromatic rings. The third kappa shape index (κ3) is 4.39. The molecule has 0 radical (unpaired) electrons. The van der Waals surface area contributed by atoms with Crippen LogP contribution in [0.15, 0.2) is 51.8 Å². The molecular formula is C19H19BrN2O4S. The molecule has 3 rings (SSSR count). The summed E-state index contributed by atoms with van der Waals surface area (Å²) in [6.45, 7) is 2.26. The number of carbonyl (C=O) groups excluding carboxylic acids is 2. The third-order valence-corrected chi connectivity index (χ3v) is 6.52. The Hall–Kier alpha value is -2.19. The summed E-state index contributed by atoms with van der Waals surface area (Å²) in [5.74, 6) is -0.813. The van der Waals surface area contributed by atoms with Gasteiger partial charge in [-0.05, 0) is 55.0 Å². The number of carbonyl (C=O) groups is 2. The van der Waals surface area contributed by atoms with Gasteiger partial charge in [0.25, 0.3) is 0 Å². The van der Waals surface area contributed by atoms with Crippen molar-refractivity contribution in [2.24, 2.45) is 5.92 Å². The van der Waals surface area contributed by atoms with Gasteiger partial charge in [-0.15, -0.1) is 0 Å². The highest BCUT2D eigenvalue weighted by molar-refractivity contribution is 9.10. The number of hydrogen-bond donors (Lipinski definition) is 1. The lowest BCUT2D eigenvalue weighted by atomic mass is 10.1. The molecule has 0 bridgehead atoms. The molecule has 1 unspecified atom stereocenters. The molecule has 2 aromatic carbocycles. The number of benzene rings is 2. The van der Waals surface area contributed by atoms with Gasteiger partial charge >= 0.3 is 0 Å². The minimum atomic E-state index is -3.28. The third-order valence-electron chi connectivity index (χ3n) is 4.50. The summed E-state index contributed by atoms with van der Waals surface area (Å²) in [6, 6.07) is 11.6. The number of nitrogens with one attached hydrogen (secondary N) is 1. The number of halogens is 1. The maximum absolute atomic E-state index is 12.5. The molecule has 1 aliphatic heterocycles. The molecule has 0 saturated carbocycles. The lowest BCUT2D eigenvalue weighted by molar-refractivity contribution is -0.122. The van der Waals surface area contributed by atoms with Crippen LogP contribution in [0, 0.1) is 12.8 Å². The summed E-state index contributed by atoms with van der Waals surface area (Å²) in [7, 11) is -3.28. The Bertz CT molecular complexity index is 1000. The Morgan fingerprint density at radius 3 is 2.44 bits per heavy atom. The zero-order valence-electron chi connectivity index (χ0n) is 14.9. The number of aryl methyl sites for hydroxylation is 1. The maximum atomic E-state index is 12.5. The van der Waals surface area contributed by atoms with Gasteiger partial charge in [-0.25, -0.2) is 8.42 Å². The van der Waals surface area contributed by atoms with Crippen LogP contribution >= 0.6 is 15.9 Å². The Kier molecular flexibility index (Phi) is 5.39. The summed E-state index contributed by atoms with van der Waals surface area (Å²) in [6.07, 6.45) is 1.27. The molecule has 1 saturated heterocycles. The zero-order chi connectivity index (χ0) is 19.8. The van der Waals surface area contributed by atoms with Crippen molar-refractivity contribution in [3.05, 3.63) is 52.5 Å². The highest BCUT2D eigenvalue weighted by Crippen LogP contribution is 2.29. The first-order valence-corrected chi connectivity index (χ1v) is 11.0. The van der Waals surface area contributed by atoms with E-state index in [2.05, 4.69) is 21.2 Å². The second-order valence-corrected chi connectivity index (χ2v) is 9.49. The van der Waals surface area contributed by atoms with E-state index >= 15 is 0 Å². The van der Waals surface area contributed by atoms with E-state index < -0.39 is 15.8 Å². The monoisotopic (exact) mass is 450 g/mol. The second-order valence-electron chi connectivity index (χ2n) is 6.62.